The number of hydrogen-bond acceptors (Lipinski definition) is 3. The number of unbranched alkanes of at least 4 members (excludes halogenated alkanes) is 1. The number of aryl methyl sites for hydroxylation is 1. The monoisotopic (exact) mass is 324 g/mol. The van der Waals surface area contributed by atoms with Crippen molar-refractivity contribution in [3.05, 3.63) is 29.0 Å². The van der Waals surface area contributed by atoms with Gasteiger partial charge in [0.1, 0.15) is 5.82 Å². The van der Waals surface area contributed by atoms with Crippen LogP contribution in [0.5, 0.6) is 0 Å². The van der Waals surface area contributed by atoms with Crippen LogP contribution in [-0.2, 0) is 22.5 Å². The molecule has 2 rings (SSSR count). The summed E-state index contributed by atoms with van der Waals surface area (Å²) in [6, 6.07) is 5.69. The first-order valence-electron chi connectivity index (χ1n) is 7.56. The number of aromatic nitrogens is 2. The number of carboxylic acids is 1. The minimum atomic E-state index is -0.757. The number of hydrogen-bond donors (Lipinski definition) is 1. The van der Waals surface area contributed by atoms with Crippen molar-refractivity contribution in [2.45, 2.75) is 39.2 Å². The van der Waals surface area contributed by atoms with Gasteiger partial charge in [-0.05, 0) is 31.9 Å². The minimum Gasteiger partial charge on any atom is -0.481 e. The third-order valence-corrected chi connectivity index (χ3v) is 3.81. The number of rotatable bonds is 9. The molecule has 22 heavy (non-hydrogen) atoms. The topological polar surface area (TPSA) is 64.3 Å². The Morgan fingerprint density at radius 2 is 2.23 bits per heavy atom. The van der Waals surface area contributed by atoms with Crippen LogP contribution < -0.4 is 0 Å². The standard InChI is InChI=1S/C16H21ClN2O3/c1-2-22-11-10-19-14(8-3-4-9-15(20)21)18-13-7-5-6-12(17)16(13)19/h5-7H,2-4,8-11H2,1H3,(H,20,21). The van der Waals surface area contributed by atoms with Gasteiger partial charge in [0.15, 0.2) is 0 Å². The number of fused-ring (bicyclic) bond motifs is 1. The van der Waals surface area contributed by atoms with Crippen LogP contribution in [0.25, 0.3) is 11.0 Å². The van der Waals surface area contributed by atoms with Crippen LogP contribution in [-0.4, -0.2) is 33.8 Å². The van der Waals surface area contributed by atoms with E-state index in [0.717, 1.165) is 29.7 Å². The van der Waals surface area contributed by atoms with Crippen molar-refractivity contribution >= 4 is 28.6 Å². The minimum absolute atomic E-state index is 0.194. The van der Waals surface area contributed by atoms with Crippen LogP contribution >= 0.6 is 11.6 Å². The van der Waals surface area contributed by atoms with Crippen LogP contribution in [0.3, 0.4) is 0 Å². The number of aliphatic carboxylic acids is 1. The van der Waals surface area contributed by atoms with Crippen molar-refractivity contribution in [3.8, 4) is 0 Å². The van der Waals surface area contributed by atoms with Crippen molar-refractivity contribution in [2.75, 3.05) is 13.2 Å². The van der Waals surface area contributed by atoms with Gasteiger partial charge >= 0.3 is 5.97 Å². The first-order valence-corrected chi connectivity index (χ1v) is 7.94. The Morgan fingerprint density at radius 1 is 1.41 bits per heavy atom. The highest BCUT2D eigenvalue weighted by atomic mass is 35.5. The first kappa shape index (κ1) is 16.8. The normalized spacial score (nSPS) is 11.2. The zero-order valence-corrected chi connectivity index (χ0v) is 13.5. The van der Waals surface area contributed by atoms with E-state index in [1.54, 1.807) is 0 Å². The van der Waals surface area contributed by atoms with Gasteiger partial charge in [0.2, 0.25) is 0 Å². The molecule has 0 aliphatic heterocycles. The number of carbonyl (C=O) groups is 1. The Bertz CT molecular complexity index is 640. The molecule has 0 aliphatic carbocycles. The van der Waals surface area contributed by atoms with Gasteiger partial charge in [0.25, 0.3) is 0 Å². The zero-order valence-electron chi connectivity index (χ0n) is 12.7. The molecule has 1 heterocycles. The molecule has 0 spiro atoms. The third kappa shape index (κ3) is 4.21. The van der Waals surface area contributed by atoms with E-state index in [1.165, 1.54) is 0 Å². The summed E-state index contributed by atoms with van der Waals surface area (Å²) in [5.41, 5.74) is 1.80. The molecule has 5 nitrogen and oxygen atoms in total. The molecule has 0 aliphatic rings. The van der Waals surface area contributed by atoms with Crippen LogP contribution in [0.15, 0.2) is 18.2 Å². The number of para-hydroxylation sites is 1. The highest BCUT2D eigenvalue weighted by Gasteiger charge is 2.13. The van der Waals surface area contributed by atoms with Gasteiger partial charge in [-0.25, -0.2) is 4.98 Å². The molecule has 1 aromatic heterocycles. The molecule has 0 unspecified atom stereocenters. The summed E-state index contributed by atoms with van der Waals surface area (Å²) in [5.74, 6) is 0.182. The van der Waals surface area contributed by atoms with Gasteiger partial charge < -0.3 is 14.4 Å². The number of halogens is 1. The van der Waals surface area contributed by atoms with E-state index in [2.05, 4.69) is 9.55 Å². The Morgan fingerprint density at radius 3 is 2.95 bits per heavy atom. The molecule has 6 heteroatoms. The molecular weight excluding hydrogens is 304 g/mol. The second-order valence-corrected chi connectivity index (χ2v) is 5.49. The zero-order chi connectivity index (χ0) is 15.9. The van der Waals surface area contributed by atoms with Gasteiger partial charge in [-0.3, -0.25) is 4.79 Å². The molecular formula is C16H21ClN2O3. The summed E-state index contributed by atoms with van der Waals surface area (Å²) in [6.45, 7) is 3.94. The van der Waals surface area contributed by atoms with Gasteiger partial charge in [-0.1, -0.05) is 17.7 Å². The predicted octanol–water partition coefficient (Wildman–Crippen LogP) is 3.52. The summed E-state index contributed by atoms with van der Waals surface area (Å²) in [5, 5.41) is 9.38. The smallest absolute Gasteiger partial charge is 0.303 e. The van der Waals surface area contributed by atoms with E-state index in [-0.39, 0.29) is 6.42 Å². The Kier molecular flexibility index (Phi) is 6.21. The molecule has 0 amide bonds. The molecule has 1 aromatic carbocycles. The summed E-state index contributed by atoms with van der Waals surface area (Å²) in [4.78, 5) is 15.2. The largest absolute Gasteiger partial charge is 0.481 e. The van der Waals surface area contributed by atoms with Crippen molar-refractivity contribution in [1.82, 2.24) is 9.55 Å². The lowest BCUT2D eigenvalue weighted by Gasteiger charge is -2.10. The molecule has 0 atom stereocenters. The Hall–Kier alpha value is -1.59. The van der Waals surface area contributed by atoms with Crippen molar-refractivity contribution in [3.63, 3.8) is 0 Å². The number of ether oxygens (including phenoxy) is 1. The first-order chi connectivity index (χ1) is 10.6. The number of benzene rings is 1. The van der Waals surface area contributed by atoms with Crippen LogP contribution in [0, 0.1) is 0 Å². The molecule has 0 saturated heterocycles. The average Bonchev–Trinajstić information content (AvgIpc) is 2.83. The average molecular weight is 325 g/mol. The Balaban J connectivity index is 2.17. The number of nitrogens with zero attached hydrogens (tertiary/aromatic N) is 2. The summed E-state index contributed by atoms with van der Waals surface area (Å²) in [7, 11) is 0. The Labute approximate surface area is 134 Å². The number of carboxylic acid groups (broad SMARTS) is 1. The molecule has 120 valence electrons. The highest BCUT2D eigenvalue weighted by molar-refractivity contribution is 6.35. The fourth-order valence-electron chi connectivity index (χ4n) is 2.48. The molecule has 0 saturated carbocycles. The molecule has 1 N–H and O–H groups in total. The lowest BCUT2D eigenvalue weighted by molar-refractivity contribution is -0.137. The van der Waals surface area contributed by atoms with E-state index < -0.39 is 5.97 Å². The third-order valence-electron chi connectivity index (χ3n) is 3.50. The van der Waals surface area contributed by atoms with Crippen LogP contribution in [0.1, 0.15) is 32.0 Å². The molecule has 0 fully saturated rings. The van der Waals surface area contributed by atoms with E-state index in [0.29, 0.717) is 31.2 Å². The lowest BCUT2D eigenvalue weighted by Crippen LogP contribution is -2.10. The van der Waals surface area contributed by atoms with Gasteiger partial charge in [0, 0.05) is 26.0 Å². The van der Waals surface area contributed by atoms with Gasteiger partial charge in [0.05, 0.1) is 22.7 Å². The van der Waals surface area contributed by atoms with Crippen molar-refractivity contribution < 1.29 is 14.6 Å². The fourth-order valence-corrected chi connectivity index (χ4v) is 2.75. The quantitative estimate of drug-likeness (QED) is 0.717. The summed E-state index contributed by atoms with van der Waals surface area (Å²) < 4.78 is 7.53. The highest BCUT2D eigenvalue weighted by Crippen LogP contribution is 2.25. The summed E-state index contributed by atoms with van der Waals surface area (Å²) in [6.07, 6.45) is 2.38. The second kappa shape index (κ2) is 8.15. The fraction of sp³-hybridized carbons (Fsp3) is 0.500. The van der Waals surface area contributed by atoms with Gasteiger partial charge in [-0.2, -0.15) is 0 Å². The predicted molar refractivity (Wildman–Crippen MR) is 86.4 cm³/mol. The van der Waals surface area contributed by atoms with Gasteiger partial charge in [-0.15, -0.1) is 0 Å². The molecule has 0 radical (unpaired) electrons. The van der Waals surface area contributed by atoms with Crippen molar-refractivity contribution in [2.24, 2.45) is 0 Å². The molecule has 2 aromatic rings. The van der Waals surface area contributed by atoms with E-state index in [9.17, 15) is 4.79 Å². The maximum atomic E-state index is 10.6. The molecule has 0 bridgehead atoms. The second-order valence-electron chi connectivity index (χ2n) is 5.09. The SMILES string of the molecule is CCOCCn1c(CCCCC(=O)O)nc2cccc(Cl)c21. The van der Waals surface area contributed by atoms with E-state index in [4.69, 9.17) is 21.4 Å². The maximum absolute atomic E-state index is 10.6. The van der Waals surface area contributed by atoms with E-state index >= 15 is 0 Å². The maximum Gasteiger partial charge on any atom is 0.303 e. The van der Waals surface area contributed by atoms with Crippen LogP contribution in [0.4, 0.5) is 0 Å². The van der Waals surface area contributed by atoms with Crippen molar-refractivity contribution in [1.29, 1.82) is 0 Å². The van der Waals surface area contributed by atoms with E-state index in [1.807, 2.05) is 25.1 Å². The number of imidazole rings is 1. The lowest BCUT2D eigenvalue weighted by atomic mass is 10.2. The van der Waals surface area contributed by atoms with Crippen LogP contribution in [0.2, 0.25) is 5.02 Å². The summed E-state index contributed by atoms with van der Waals surface area (Å²) >= 11 is 6.31.